The summed E-state index contributed by atoms with van der Waals surface area (Å²) in [5, 5.41) is 5.61. The molecule has 0 unspecified atom stereocenters. The number of benzene rings is 2. The van der Waals surface area contributed by atoms with Crippen LogP contribution in [0.25, 0.3) is 0 Å². The van der Waals surface area contributed by atoms with Gasteiger partial charge in [0.05, 0.1) is 18.7 Å². The Labute approximate surface area is 165 Å². The van der Waals surface area contributed by atoms with Crippen LogP contribution in [0.3, 0.4) is 0 Å². The Bertz CT molecular complexity index is 960. The smallest absolute Gasteiger partial charge is 0.306 e. The van der Waals surface area contributed by atoms with Gasteiger partial charge in [0.25, 0.3) is 0 Å². The average molecular weight is 400 g/mol. The van der Waals surface area contributed by atoms with Crippen molar-refractivity contribution in [3.63, 3.8) is 0 Å². The Kier molecular flexibility index (Phi) is 6.43. The highest BCUT2D eigenvalue weighted by atomic mass is 19.2. The molecule has 29 heavy (non-hydrogen) atoms. The predicted octanol–water partition coefficient (Wildman–Crippen LogP) is 3.11. The maximum absolute atomic E-state index is 13.1. The van der Waals surface area contributed by atoms with Crippen molar-refractivity contribution in [2.45, 2.75) is 19.3 Å². The molecule has 3 rings (SSSR count). The number of ether oxygens (including phenoxy) is 1. The lowest BCUT2D eigenvalue weighted by atomic mass is 10.1. The van der Waals surface area contributed by atoms with Crippen molar-refractivity contribution in [1.82, 2.24) is 5.01 Å². The fraction of sp³-hybridized carbons (Fsp3) is 0.238. The van der Waals surface area contributed by atoms with E-state index in [2.05, 4.69) is 5.10 Å². The zero-order chi connectivity index (χ0) is 20.8. The Hall–Kier alpha value is -3.42. The van der Waals surface area contributed by atoms with Crippen molar-refractivity contribution >= 4 is 23.4 Å². The molecule has 0 aromatic heterocycles. The molecule has 0 saturated heterocycles. The van der Waals surface area contributed by atoms with Gasteiger partial charge < -0.3 is 4.74 Å². The summed E-state index contributed by atoms with van der Waals surface area (Å²) in [4.78, 5) is 35.9. The van der Waals surface area contributed by atoms with E-state index in [-0.39, 0.29) is 24.3 Å². The molecule has 0 radical (unpaired) electrons. The summed E-state index contributed by atoms with van der Waals surface area (Å²) < 4.78 is 30.8. The molecule has 0 fully saturated rings. The van der Waals surface area contributed by atoms with E-state index in [0.29, 0.717) is 13.0 Å². The number of ketones is 1. The van der Waals surface area contributed by atoms with Gasteiger partial charge in [-0.05, 0) is 23.8 Å². The Morgan fingerprint density at radius 1 is 1.00 bits per heavy atom. The van der Waals surface area contributed by atoms with Gasteiger partial charge in [0.15, 0.2) is 24.0 Å². The first kappa shape index (κ1) is 20.3. The van der Waals surface area contributed by atoms with Gasteiger partial charge in [-0.2, -0.15) is 5.10 Å². The molecule has 2 aromatic carbocycles. The number of hydrazone groups is 1. The van der Waals surface area contributed by atoms with E-state index < -0.39 is 30.0 Å². The number of rotatable bonds is 7. The van der Waals surface area contributed by atoms with Gasteiger partial charge in [-0.1, -0.05) is 30.3 Å². The normalized spacial score (nSPS) is 13.2. The molecule has 0 bridgehead atoms. The van der Waals surface area contributed by atoms with E-state index in [1.807, 2.05) is 30.3 Å². The van der Waals surface area contributed by atoms with E-state index >= 15 is 0 Å². The van der Waals surface area contributed by atoms with Crippen molar-refractivity contribution in [2.75, 3.05) is 13.2 Å². The maximum Gasteiger partial charge on any atom is 0.306 e. The van der Waals surface area contributed by atoms with Crippen LogP contribution in [0.5, 0.6) is 0 Å². The summed E-state index contributed by atoms with van der Waals surface area (Å²) in [6.07, 6.45) is 0.309. The van der Waals surface area contributed by atoms with E-state index in [9.17, 15) is 23.2 Å². The second-order valence-corrected chi connectivity index (χ2v) is 6.39. The number of halogens is 2. The lowest BCUT2D eigenvalue weighted by Crippen LogP contribution is -2.24. The second-order valence-electron chi connectivity index (χ2n) is 6.39. The van der Waals surface area contributed by atoms with Crippen molar-refractivity contribution < 1.29 is 27.9 Å². The summed E-state index contributed by atoms with van der Waals surface area (Å²) in [6, 6.07) is 12.2. The first-order valence-corrected chi connectivity index (χ1v) is 9.01. The van der Waals surface area contributed by atoms with Gasteiger partial charge in [0.1, 0.15) is 0 Å². The van der Waals surface area contributed by atoms with E-state index in [4.69, 9.17) is 4.74 Å². The highest BCUT2D eigenvalue weighted by Gasteiger charge is 2.22. The van der Waals surface area contributed by atoms with Gasteiger partial charge >= 0.3 is 5.97 Å². The van der Waals surface area contributed by atoms with Crippen LogP contribution >= 0.6 is 0 Å². The molecule has 150 valence electrons. The highest BCUT2D eigenvalue weighted by Crippen LogP contribution is 2.15. The quantitative estimate of drug-likeness (QED) is 0.529. The third-order valence-electron chi connectivity index (χ3n) is 4.35. The van der Waals surface area contributed by atoms with Gasteiger partial charge in [0.2, 0.25) is 5.91 Å². The minimum absolute atomic E-state index is 0.104. The number of carbonyl (C=O) groups excluding carboxylic acids is 3. The van der Waals surface area contributed by atoms with Crippen LogP contribution in [0.4, 0.5) is 8.78 Å². The molecule has 0 atom stereocenters. The van der Waals surface area contributed by atoms with E-state index in [0.717, 1.165) is 29.5 Å². The molecule has 1 amide bonds. The summed E-state index contributed by atoms with van der Waals surface area (Å²) in [7, 11) is 0. The number of Topliss-reactive ketones (excluding diaryl/α,β-unsaturated/α-hetero) is 1. The third-order valence-corrected chi connectivity index (χ3v) is 4.35. The van der Waals surface area contributed by atoms with Crippen LogP contribution in [-0.4, -0.2) is 41.5 Å². The molecular formula is C21H18F2N2O4. The number of carbonyl (C=O) groups is 3. The largest absolute Gasteiger partial charge is 0.457 e. The van der Waals surface area contributed by atoms with Gasteiger partial charge in [-0.3, -0.25) is 14.4 Å². The number of nitrogens with zero attached hydrogens (tertiary/aromatic N) is 2. The zero-order valence-corrected chi connectivity index (χ0v) is 15.4. The highest BCUT2D eigenvalue weighted by molar-refractivity contribution is 6.02. The fourth-order valence-corrected chi connectivity index (χ4v) is 2.78. The summed E-state index contributed by atoms with van der Waals surface area (Å²) >= 11 is 0. The number of esters is 1. The number of hydrogen-bond donors (Lipinski definition) is 0. The maximum atomic E-state index is 13.1. The third kappa shape index (κ3) is 5.31. The molecule has 8 heteroatoms. The minimum atomic E-state index is -1.16. The Balaban J connectivity index is 1.44. The van der Waals surface area contributed by atoms with E-state index in [1.165, 1.54) is 5.01 Å². The van der Waals surface area contributed by atoms with Gasteiger partial charge in [0, 0.05) is 18.4 Å². The van der Waals surface area contributed by atoms with Crippen LogP contribution < -0.4 is 0 Å². The first-order valence-electron chi connectivity index (χ1n) is 9.01. The first-order chi connectivity index (χ1) is 13.9. The number of amides is 1. The van der Waals surface area contributed by atoms with Crippen LogP contribution in [0.1, 0.15) is 35.2 Å². The van der Waals surface area contributed by atoms with E-state index in [1.54, 1.807) is 0 Å². The average Bonchev–Trinajstić information content (AvgIpc) is 3.23. The van der Waals surface area contributed by atoms with Crippen LogP contribution in [-0.2, 0) is 14.3 Å². The van der Waals surface area contributed by atoms with Crippen LogP contribution in [0, 0.1) is 11.6 Å². The zero-order valence-electron chi connectivity index (χ0n) is 15.4. The fourth-order valence-electron chi connectivity index (χ4n) is 2.78. The number of hydrogen-bond acceptors (Lipinski definition) is 5. The molecule has 0 spiro atoms. The lowest BCUT2D eigenvalue weighted by molar-refractivity contribution is -0.145. The van der Waals surface area contributed by atoms with Crippen molar-refractivity contribution in [1.29, 1.82) is 0 Å². The standard InChI is InChI=1S/C21H18F2N2O4/c22-16-7-6-15(12-17(16)23)19(26)13-29-21(28)9-8-20(27)25-11-10-18(24-25)14-4-2-1-3-5-14/h1-7,12H,8-11,13H2. The molecule has 1 aliphatic heterocycles. The van der Waals surface area contributed by atoms with Gasteiger partial charge in [-0.15, -0.1) is 0 Å². The van der Waals surface area contributed by atoms with Crippen LogP contribution in [0.15, 0.2) is 53.6 Å². The van der Waals surface area contributed by atoms with Crippen molar-refractivity contribution in [3.05, 3.63) is 71.3 Å². The SMILES string of the molecule is O=C(CCC(=O)N1CCC(c2ccccc2)=N1)OCC(=O)c1ccc(F)c(F)c1. The van der Waals surface area contributed by atoms with Crippen molar-refractivity contribution in [2.24, 2.45) is 5.10 Å². The predicted molar refractivity (Wildman–Crippen MR) is 100 cm³/mol. The summed E-state index contributed by atoms with van der Waals surface area (Å²) in [6.45, 7) is -0.176. The van der Waals surface area contributed by atoms with Crippen molar-refractivity contribution in [3.8, 4) is 0 Å². The Morgan fingerprint density at radius 3 is 2.48 bits per heavy atom. The monoisotopic (exact) mass is 400 g/mol. The molecule has 0 N–H and O–H groups in total. The Morgan fingerprint density at radius 2 is 1.76 bits per heavy atom. The van der Waals surface area contributed by atoms with Gasteiger partial charge in [-0.25, -0.2) is 13.8 Å². The second kappa shape index (κ2) is 9.18. The molecule has 2 aromatic rings. The molecule has 6 nitrogen and oxygen atoms in total. The molecule has 0 aliphatic carbocycles. The topological polar surface area (TPSA) is 76.0 Å². The van der Waals surface area contributed by atoms with Crippen LogP contribution in [0.2, 0.25) is 0 Å². The molecule has 1 aliphatic rings. The summed E-state index contributed by atoms with van der Waals surface area (Å²) in [5.41, 5.74) is 1.64. The molecule has 1 heterocycles. The molecular weight excluding hydrogens is 382 g/mol. The minimum Gasteiger partial charge on any atom is -0.457 e. The lowest BCUT2D eigenvalue weighted by Gasteiger charge is -2.11. The molecule has 0 saturated carbocycles. The summed E-state index contributed by atoms with van der Waals surface area (Å²) in [5.74, 6) is -3.95.